The third kappa shape index (κ3) is 2.95. The van der Waals surface area contributed by atoms with Crippen LogP contribution in [-0.2, 0) is 6.42 Å². The Morgan fingerprint density at radius 2 is 2.00 bits per heavy atom. The molecule has 0 aliphatic rings. The number of methoxy groups -OCH3 is 1. The highest BCUT2D eigenvalue weighted by Crippen LogP contribution is 2.35. The van der Waals surface area contributed by atoms with E-state index in [2.05, 4.69) is 25.9 Å². The summed E-state index contributed by atoms with van der Waals surface area (Å²) in [7, 11) is 1.67. The number of benzene rings is 1. The van der Waals surface area contributed by atoms with Crippen LogP contribution in [0.3, 0.4) is 0 Å². The van der Waals surface area contributed by atoms with Crippen LogP contribution in [0, 0.1) is 12.3 Å². The third-order valence-corrected chi connectivity index (χ3v) is 3.18. The SMILES string of the molecule is COc1cc(-c2c(CC(C)(C)C)noc2N)ccc1C. The summed E-state index contributed by atoms with van der Waals surface area (Å²) in [5, 5.41) is 4.11. The van der Waals surface area contributed by atoms with Crippen molar-refractivity contribution >= 4 is 5.88 Å². The first-order chi connectivity index (χ1) is 9.31. The van der Waals surface area contributed by atoms with Crippen molar-refractivity contribution in [3.63, 3.8) is 0 Å². The van der Waals surface area contributed by atoms with E-state index in [0.29, 0.717) is 5.88 Å². The Morgan fingerprint density at radius 1 is 1.30 bits per heavy atom. The number of nitrogens with zero attached hydrogens (tertiary/aromatic N) is 1. The molecule has 0 aliphatic heterocycles. The summed E-state index contributed by atoms with van der Waals surface area (Å²) in [4.78, 5) is 0. The van der Waals surface area contributed by atoms with Crippen molar-refractivity contribution in [2.45, 2.75) is 34.1 Å². The predicted octanol–water partition coefficient (Wildman–Crippen LogP) is 3.83. The summed E-state index contributed by atoms with van der Waals surface area (Å²) >= 11 is 0. The Bertz CT molecular complexity index is 609. The minimum atomic E-state index is 0.118. The number of nitrogens with two attached hydrogens (primary N) is 1. The first-order valence-corrected chi connectivity index (χ1v) is 6.71. The molecule has 4 heteroatoms. The fraction of sp³-hybridized carbons (Fsp3) is 0.438. The number of hydrogen-bond acceptors (Lipinski definition) is 4. The number of rotatable bonds is 3. The molecule has 1 aromatic carbocycles. The van der Waals surface area contributed by atoms with Gasteiger partial charge in [0.25, 0.3) is 0 Å². The molecule has 1 heterocycles. The van der Waals surface area contributed by atoms with E-state index in [1.807, 2.05) is 25.1 Å². The van der Waals surface area contributed by atoms with Crippen LogP contribution in [0.1, 0.15) is 32.0 Å². The number of aryl methyl sites for hydroxylation is 1. The van der Waals surface area contributed by atoms with Crippen LogP contribution >= 0.6 is 0 Å². The molecular weight excluding hydrogens is 252 g/mol. The zero-order valence-electron chi connectivity index (χ0n) is 12.8. The Labute approximate surface area is 119 Å². The minimum Gasteiger partial charge on any atom is -0.496 e. The number of anilines is 1. The van der Waals surface area contributed by atoms with Gasteiger partial charge in [0, 0.05) is 0 Å². The standard InChI is InChI=1S/C16H22N2O2/c1-10-6-7-11(8-13(10)19-5)14-12(9-16(2,3)4)18-20-15(14)17/h6-8H,9,17H2,1-5H3. The molecular formula is C16H22N2O2. The number of hydrogen-bond donors (Lipinski definition) is 1. The van der Waals surface area contributed by atoms with Crippen LogP contribution in [-0.4, -0.2) is 12.3 Å². The largest absolute Gasteiger partial charge is 0.496 e. The van der Waals surface area contributed by atoms with E-state index in [1.165, 1.54) is 0 Å². The van der Waals surface area contributed by atoms with Crippen molar-refractivity contribution in [1.29, 1.82) is 0 Å². The van der Waals surface area contributed by atoms with Crippen molar-refractivity contribution in [2.75, 3.05) is 12.8 Å². The van der Waals surface area contributed by atoms with E-state index < -0.39 is 0 Å². The van der Waals surface area contributed by atoms with E-state index >= 15 is 0 Å². The lowest BCUT2D eigenvalue weighted by atomic mass is 9.88. The van der Waals surface area contributed by atoms with Crippen molar-refractivity contribution in [2.24, 2.45) is 5.41 Å². The van der Waals surface area contributed by atoms with Crippen LogP contribution < -0.4 is 10.5 Å². The minimum absolute atomic E-state index is 0.118. The Morgan fingerprint density at radius 3 is 2.60 bits per heavy atom. The highest BCUT2D eigenvalue weighted by atomic mass is 16.5. The smallest absolute Gasteiger partial charge is 0.230 e. The fourth-order valence-corrected chi connectivity index (χ4v) is 2.25. The molecule has 2 rings (SSSR count). The molecule has 20 heavy (non-hydrogen) atoms. The summed E-state index contributed by atoms with van der Waals surface area (Å²) in [6, 6.07) is 6.01. The van der Waals surface area contributed by atoms with Crippen molar-refractivity contribution in [3.05, 3.63) is 29.5 Å². The van der Waals surface area contributed by atoms with Gasteiger partial charge in [-0.25, -0.2) is 0 Å². The summed E-state index contributed by atoms with van der Waals surface area (Å²) in [5.41, 5.74) is 9.90. The summed E-state index contributed by atoms with van der Waals surface area (Å²) in [6.07, 6.45) is 0.805. The molecule has 0 fully saturated rings. The molecule has 0 unspecified atom stereocenters. The van der Waals surface area contributed by atoms with Crippen LogP contribution in [0.2, 0.25) is 0 Å². The first-order valence-electron chi connectivity index (χ1n) is 6.71. The van der Waals surface area contributed by atoms with Gasteiger partial charge < -0.3 is 15.0 Å². The molecule has 108 valence electrons. The lowest BCUT2D eigenvalue weighted by Crippen LogP contribution is -2.10. The van der Waals surface area contributed by atoms with Crippen molar-refractivity contribution < 1.29 is 9.26 Å². The van der Waals surface area contributed by atoms with Crippen LogP contribution in [0.15, 0.2) is 22.7 Å². The van der Waals surface area contributed by atoms with Crippen LogP contribution in [0.25, 0.3) is 11.1 Å². The molecule has 1 aromatic heterocycles. The Hall–Kier alpha value is -1.97. The van der Waals surface area contributed by atoms with E-state index in [-0.39, 0.29) is 5.41 Å². The molecule has 0 amide bonds. The quantitative estimate of drug-likeness (QED) is 0.924. The van der Waals surface area contributed by atoms with E-state index in [9.17, 15) is 0 Å². The topological polar surface area (TPSA) is 61.3 Å². The molecule has 0 saturated heterocycles. The van der Waals surface area contributed by atoms with Gasteiger partial charge in [0.1, 0.15) is 5.75 Å². The van der Waals surface area contributed by atoms with E-state index in [1.54, 1.807) is 7.11 Å². The van der Waals surface area contributed by atoms with Gasteiger partial charge in [-0.2, -0.15) is 0 Å². The maximum atomic E-state index is 5.95. The van der Waals surface area contributed by atoms with E-state index in [0.717, 1.165) is 34.6 Å². The van der Waals surface area contributed by atoms with Gasteiger partial charge in [-0.05, 0) is 36.0 Å². The van der Waals surface area contributed by atoms with Crippen LogP contribution in [0.4, 0.5) is 5.88 Å². The number of aromatic nitrogens is 1. The zero-order chi connectivity index (χ0) is 14.9. The summed E-state index contributed by atoms with van der Waals surface area (Å²) in [6.45, 7) is 8.50. The van der Waals surface area contributed by atoms with Gasteiger partial charge in [0.15, 0.2) is 0 Å². The molecule has 0 aliphatic carbocycles. The second kappa shape index (κ2) is 5.19. The average Bonchev–Trinajstić information content (AvgIpc) is 2.69. The van der Waals surface area contributed by atoms with Gasteiger partial charge in [-0.15, -0.1) is 0 Å². The maximum Gasteiger partial charge on any atom is 0.230 e. The zero-order valence-corrected chi connectivity index (χ0v) is 12.8. The average molecular weight is 274 g/mol. The van der Waals surface area contributed by atoms with Crippen molar-refractivity contribution in [1.82, 2.24) is 5.16 Å². The maximum absolute atomic E-state index is 5.95. The highest BCUT2D eigenvalue weighted by Gasteiger charge is 2.21. The number of ether oxygens (including phenoxy) is 1. The highest BCUT2D eigenvalue weighted by molar-refractivity contribution is 5.76. The second-order valence-corrected chi connectivity index (χ2v) is 6.29. The van der Waals surface area contributed by atoms with Crippen molar-refractivity contribution in [3.8, 4) is 16.9 Å². The van der Waals surface area contributed by atoms with Crippen LogP contribution in [0.5, 0.6) is 5.75 Å². The normalized spacial score (nSPS) is 11.7. The lowest BCUT2D eigenvalue weighted by Gasteiger charge is -2.17. The molecule has 2 N–H and O–H groups in total. The monoisotopic (exact) mass is 274 g/mol. The van der Waals surface area contributed by atoms with Gasteiger partial charge in [-0.3, -0.25) is 0 Å². The van der Waals surface area contributed by atoms with Gasteiger partial charge in [0.05, 0.1) is 18.4 Å². The van der Waals surface area contributed by atoms with Gasteiger partial charge >= 0.3 is 0 Å². The molecule has 0 atom stereocenters. The fourth-order valence-electron chi connectivity index (χ4n) is 2.25. The molecule has 0 bridgehead atoms. The lowest BCUT2D eigenvalue weighted by molar-refractivity contribution is 0.377. The Kier molecular flexibility index (Phi) is 3.75. The summed E-state index contributed by atoms with van der Waals surface area (Å²) in [5.74, 6) is 1.19. The van der Waals surface area contributed by atoms with E-state index in [4.69, 9.17) is 15.0 Å². The molecule has 0 spiro atoms. The molecule has 2 aromatic rings. The molecule has 4 nitrogen and oxygen atoms in total. The Balaban J connectivity index is 2.49. The number of nitrogen functional groups attached to an aromatic ring is 1. The summed E-state index contributed by atoms with van der Waals surface area (Å²) < 4.78 is 10.6. The molecule has 0 saturated carbocycles. The first kappa shape index (κ1) is 14.4. The van der Waals surface area contributed by atoms with Gasteiger partial charge in [-0.1, -0.05) is 38.1 Å². The second-order valence-electron chi connectivity index (χ2n) is 6.29. The third-order valence-electron chi connectivity index (χ3n) is 3.18. The molecule has 0 radical (unpaired) electrons. The predicted molar refractivity (Wildman–Crippen MR) is 80.8 cm³/mol. The van der Waals surface area contributed by atoms with Gasteiger partial charge in [0.2, 0.25) is 5.88 Å².